The van der Waals surface area contributed by atoms with Crippen LogP contribution in [0.4, 0.5) is 0 Å². The van der Waals surface area contributed by atoms with Crippen LogP contribution >= 0.6 is 0 Å². The van der Waals surface area contributed by atoms with E-state index in [4.69, 9.17) is 0 Å². The highest BCUT2D eigenvalue weighted by atomic mass is 16.3. The van der Waals surface area contributed by atoms with Crippen molar-refractivity contribution >= 4 is 0 Å². The van der Waals surface area contributed by atoms with Gasteiger partial charge in [-0.3, -0.25) is 4.90 Å². The molecule has 1 heterocycles. The Morgan fingerprint density at radius 3 is 2.81 bits per heavy atom. The van der Waals surface area contributed by atoms with E-state index in [2.05, 4.69) is 42.2 Å². The number of nitrogens with zero attached hydrogens (tertiary/aromatic N) is 1. The third kappa shape index (κ3) is 3.06. The van der Waals surface area contributed by atoms with Crippen LogP contribution in [0.1, 0.15) is 25.3 Å². The van der Waals surface area contributed by atoms with Crippen LogP contribution in [0.2, 0.25) is 0 Å². The van der Waals surface area contributed by atoms with Crippen LogP contribution in [0.3, 0.4) is 0 Å². The number of piperidine rings is 1. The van der Waals surface area contributed by atoms with Gasteiger partial charge < -0.3 is 5.11 Å². The first kappa shape index (κ1) is 11.6. The molecule has 16 heavy (non-hydrogen) atoms. The maximum absolute atomic E-state index is 9.65. The fourth-order valence-corrected chi connectivity index (χ4v) is 2.47. The lowest BCUT2D eigenvalue weighted by Gasteiger charge is -2.35. The maximum atomic E-state index is 9.65. The number of rotatable bonds is 3. The van der Waals surface area contributed by atoms with Crippen molar-refractivity contribution < 1.29 is 5.11 Å². The Balaban J connectivity index is 1.90. The molecule has 2 heteroatoms. The summed E-state index contributed by atoms with van der Waals surface area (Å²) in [5.41, 5.74) is 1.38. The molecule has 0 spiro atoms. The SMILES string of the molecule is C[C@H](Cc1ccccc1)N1CCC[C@@H](O)C1. The number of hydrogen-bond donors (Lipinski definition) is 1. The molecule has 1 aliphatic heterocycles. The zero-order chi connectivity index (χ0) is 11.4. The lowest BCUT2D eigenvalue weighted by atomic mass is 10.0. The highest BCUT2D eigenvalue weighted by Gasteiger charge is 2.21. The number of benzene rings is 1. The first-order valence-corrected chi connectivity index (χ1v) is 6.22. The summed E-state index contributed by atoms with van der Waals surface area (Å²) in [6, 6.07) is 11.1. The van der Waals surface area contributed by atoms with Gasteiger partial charge in [0.25, 0.3) is 0 Å². The highest BCUT2D eigenvalue weighted by molar-refractivity contribution is 5.15. The molecule has 1 N–H and O–H groups in total. The number of likely N-dealkylation sites (tertiary alicyclic amines) is 1. The van der Waals surface area contributed by atoms with Crippen molar-refractivity contribution in [3.8, 4) is 0 Å². The molecule has 0 unspecified atom stereocenters. The summed E-state index contributed by atoms with van der Waals surface area (Å²) < 4.78 is 0. The lowest BCUT2D eigenvalue weighted by Crippen LogP contribution is -2.44. The Morgan fingerprint density at radius 2 is 2.12 bits per heavy atom. The average molecular weight is 219 g/mol. The molecule has 0 amide bonds. The Bertz CT molecular complexity index is 312. The van der Waals surface area contributed by atoms with Gasteiger partial charge in [-0.15, -0.1) is 0 Å². The van der Waals surface area contributed by atoms with Crippen molar-refractivity contribution in [3.05, 3.63) is 35.9 Å². The number of β-amino-alcohol motifs (C(OH)–C–C–N with tert-alkyl or cyclic N) is 1. The van der Waals surface area contributed by atoms with Crippen molar-refractivity contribution in [2.24, 2.45) is 0 Å². The molecule has 1 aliphatic rings. The van der Waals surface area contributed by atoms with Crippen molar-refractivity contribution in [3.63, 3.8) is 0 Å². The van der Waals surface area contributed by atoms with Crippen LogP contribution in [0, 0.1) is 0 Å². The van der Waals surface area contributed by atoms with E-state index in [0.29, 0.717) is 6.04 Å². The smallest absolute Gasteiger partial charge is 0.0667 e. The third-order valence-electron chi connectivity index (χ3n) is 3.43. The van der Waals surface area contributed by atoms with Crippen molar-refractivity contribution in [1.29, 1.82) is 0 Å². The van der Waals surface area contributed by atoms with Gasteiger partial charge in [-0.2, -0.15) is 0 Å². The molecule has 2 nitrogen and oxygen atoms in total. The molecule has 0 saturated carbocycles. The predicted molar refractivity (Wildman–Crippen MR) is 66.4 cm³/mol. The second kappa shape index (κ2) is 5.46. The van der Waals surface area contributed by atoms with E-state index in [-0.39, 0.29) is 6.10 Å². The Kier molecular flexibility index (Phi) is 3.97. The molecule has 1 saturated heterocycles. The largest absolute Gasteiger partial charge is 0.392 e. The first-order chi connectivity index (χ1) is 7.75. The van der Waals surface area contributed by atoms with E-state index in [9.17, 15) is 5.11 Å². The maximum Gasteiger partial charge on any atom is 0.0667 e. The van der Waals surface area contributed by atoms with Crippen LogP contribution < -0.4 is 0 Å². The van der Waals surface area contributed by atoms with Gasteiger partial charge in [0.15, 0.2) is 0 Å². The van der Waals surface area contributed by atoms with Gasteiger partial charge in [0.05, 0.1) is 6.10 Å². The Labute approximate surface area is 97.9 Å². The number of hydrogen-bond acceptors (Lipinski definition) is 2. The molecule has 1 aromatic rings. The minimum Gasteiger partial charge on any atom is -0.392 e. The minimum absolute atomic E-state index is 0.119. The average Bonchev–Trinajstić information content (AvgIpc) is 2.30. The normalized spacial score (nSPS) is 24.2. The number of aliphatic hydroxyl groups is 1. The monoisotopic (exact) mass is 219 g/mol. The van der Waals surface area contributed by atoms with E-state index in [1.54, 1.807) is 0 Å². The molecule has 1 fully saturated rings. The fraction of sp³-hybridized carbons (Fsp3) is 0.571. The van der Waals surface area contributed by atoms with Crippen LogP contribution in [0.15, 0.2) is 30.3 Å². The predicted octanol–water partition coefficient (Wildman–Crippen LogP) is 2.07. The van der Waals surface area contributed by atoms with Gasteiger partial charge in [0.1, 0.15) is 0 Å². The zero-order valence-electron chi connectivity index (χ0n) is 9.97. The summed E-state index contributed by atoms with van der Waals surface area (Å²) in [5.74, 6) is 0. The van der Waals surface area contributed by atoms with Crippen LogP contribution in [0.25, 0.3) is 0 Å². The second-order valence-corrected chi connectivity index (χ2v) is 4.83. The van der Waals surface area contributed by atoms with E-state index >= 15 is 0 Å². The van der Waals surface area contributed by atoms with Gasteiger partial charge in [-0.25, -0.2) is 0 Å². The summed E-state index contributed by atoms with van der Waals surface area (Å²) in [7, 11) is 0. The quantitative estimate of drug-likeness (QED) is 0.841. The highest BCUT2D eigenvalue weighted by Crippen LogP contribution is 2.15. The van der Waals surface area contributed by atoms with Crippen LogP contribution in [0.5, 0.6) is 0 Å². The van der Waals surface area contributed by atoms with Crippen molar-refractivity contribution in [2.45, 2.75) is 38.3 Å². The summed E-state index contributed by atoms with van der Waals surface area (Å²) in [4.78, 5) is 2.40. The Morgan fingerprint density at radius 1 is 1.38 bits per heavy atom. The van der Waals surface area contributed by atoms with E-state index in [0.717, 1.165) is 32.4 Å². The van der Waals surface area contributed by atoms with Gasteiger partial charge >= 0.3 is 0 Å². The van der Waals surface area contributed by atoms with Gasteiger partial charge in [0.2, 0.25) is 0 Å². The van der Waals surface area contributed by atoms with Gasteiger partial charge in [-0.05, 0) is 38.3 Å². The molecule has 0 aliphatic carbocycles. The van der Waals surface area contributed by atoms with Gasteiger partial charge in [-0.1, -0.05) is 30.3 Å². The molecular formula is C14H21NO. The molecule has 0 bridgehead atoms. The summed E-state index contributed by atoms with van der Waals surface area (Å²) in [5, 5.41) is 9.65. The topological polar surface area (TPSA) is 23.5 Å². The van der Waals surface area contributed by atoms with E-state index in [1.165, 1.54) is 5.56 Å². The Hall–Kier alpha value is -0.860. The number of aliphatic hydroxyl groups excluding tert-OH is 1. The first-order valence-electron chi connectivity index (χ1n) is 6.22. The molecule has 88 valence electrons. The van der Waals surface area contributed by atoms with Crippen molar-refractivity contribution in [1.82, 2.24) is 4.90 Å². The van der Waals surface area contributed by atoms with E-state index < -0.39 is 0 Å². The van der Waals surface area contributed by atoms with Gasteiger partial charge in [0, 0.05) is 12.6 Å². The molecular weight excluding hydrogens is 198 g/mol. The molecule has 2 rings (SSSR count). The summed E-state index contributed by atoms with van der Waals surface area (Å²) >= 11 is 0. The fourth-order valence-electron chi connectivity index (χ4n) is 2.47. The zero-order valence-corrected chi connectivity index (χ0v) is 9.97. The standard InChI is InChI=1S/C14H21NO/c1-12(10-13-6-3-2-4-7-13)15-9-5-8-14(16)11-15/h2-4,6-7,12,14,16H,5,8-11H2,1H3/t12-,14-/m1/s1. The molecule has 0 aromatic heterocycles. The van der Waals surface area contributed by atoms with Crippen LogP contribution in [-0.4, -0.2) is 35.2 Å². The molecule has 1 aromatic carbocycles. The summed E-state index contributed by atoms with van der Waals surface area (Å²) in [6.07, 6.45) is 3.05. The van der Waals surface area contributed by atoms with Crippen molar-refractivity contribution in [2.75, 3.05) is 13.1 Å². The minimum atomic E-state index is -0.119. The molecule has 0 radical (unpaired) electrons. The summed E-state index contributed by atoms with van der Waals surface area (Å²) in [6.45, 7) is 4.23. The molecule has 2 atom stereocenters. The van der Waals surface area contributed by atoms with Crippen LogP contribution in [-0.2, 0) is 6.42 Å². The lowest BCUT2D eigenvalue weighted by molar-refractivity contribution is 0.0507. The van der Waals surface area contributed by atoms with E-state index in [1.807, 2.05) is 0 Å². The second-order valence-electron chi connectivity index (χ2n) is 4.83. The third-order valence-corrected chi connectivity index (χ3v) is 3.43.